The Bertz CT molecular complexity index is 786. The Morgan fingerprint density at radius 3 is 2.86 bits per heavy atom. The molecule has 0 bridgehead atoms. The lowest BCUT2D eigenvalue weighted by Gasteiger charge is -2.09. The molecular formula is C12H12ClN3O4S. The Balaban J connectivity index is 2.28. The summed E-state index contributed by atoms with van der Waals surface area (Å²) in [6.07, 6.45) is 2.24. The van der Waals surface area contributed by atoms with E-state index in [0.29, 0.717) is 16.3 Å². The minimum absolute atomic E-state index is 0.122. The average Bonchev–Trinajstić information content (AvgIpc) is 2.82. The fourth-order valence-corrected chi connectivity index (χ4v) is 2.86. The molecule has 0 amide bonds. The van der Waals surface area contributed by atoms with Crippen LogP contribution in [0.5, 0.6) is 0 Å². The minimum atomic E-state index is -3.85. The molecule has 0 unspecified atom stereocenters. The Labute approximate surface area is 126 Å². The maximum atomic E-state index is 12.2. The van der Waals surface area contributed by atoms with Crippen LogP contribution >= 0.6 is 11.6 Å². The molecule has 0 saturated heterocycles. The molecule has 1 aromatic heterocycles. The summed E-state index contributed by atoms with van der Waals surface area (Å²) in [5.41, 5.74) is 1.06. The molecule has 0 aliphatic carbocycles. The van der Waals surface area contributed by atoms with Crippen LogP contribution in [0.3, 0.4) is 0 Å². The number of anilines is 1. The van der Waals surface area contributed by atoms with Crippen LogP contribution in [0.2, 0.25) is 5.02 Å². The molecule has 21 heavy (non-hydrogen) atoms. The monoisotopic (exact) mass is 329 g/mol. The van der Waals surface area contributed by atoms with Crippen LogP contribution in [0.1, 0.15) is 5.56 Å². The zero-order valence-corrected chi connectivity index (χ0v) is 12.5. The van der Waals surface area contributed by atoms with Gasteiger partial charge in [-0.15, -0.1) is 0 Å². The normalized spacial score (nSPS) is 11.3. The van der Waals surface area contributed by atoms with E-state index in [0.717, 1.165) is 17.1 Å². The lowest BCUT2D eigenvalue weighted by atomic mass is 10.2. The smallest absolute Gasteiger partial charge is 0.325 e. The summed E-state index contributed by atoms with van der Waals surface area (Å²) in [5.74, 6) is -1.11. The number of nitrogens with one attached hydrogen (secondary N) is 1. The van der Waals surface area contributed by atoms with Crippen molar-refractivity contribution in [2.24, 2.45) is 0 Å². The van der Waals surface area contributed by atoms with Crippen molar-refractivity contribution in [2.75, 3.05) is 4.72 Å². The second-order valence-electron chi connectivity index (χ2n) is 4.33. The number of hydrogen-bond donors (Lipinski definition) is 2. The third kappa shape index (κ3) is 3.73. The number of sulfonamides is 1. The zero-order chi connectivity index (χ0) is 15.6. The van der Waals surface area contributed by atoms with Gasteiger partial charge < -0.3 is 5.11 Å². The lowest BCUT2D eigenvalue weighted by Crippen LogP contribution is -2.13. The van der Waals surface area contributed by atoms with Crippen molar-refractivity contribution in [1.82, 2.24) is 9.78 Å². The van der Waals surface area contributed by atoms with Gasteiger partial charge in [0.1, 0.15) is 11.4 Å². The molecule has 2 rings (SSSR count). The zero-order valence-electron chi connectivity index (χ0n) is 10.9. The van der Waals surface area contributed by atoms with Crippen LogP contribution in [0, 0.1) is 6.92 Å². The Morgan fingerprint density at radius 1 is 1.48 bits per heavy atom. The number of carboxylic acids is 1. The maximum absolute atomic E-state index is 12.2. The molecule has 0 saturated carbocycles. The molecule has 1 heterocycles. The number of aromatic nitrogens is 2. The number of benzene rings is 1. The predicted octanol–water partition coefficient (Wildman–Crippen LogP) is 1.73. The topological polar surface area (TPSA) is 101 Å². The Hall–Kier alpha value is -2.06. The van der Waals surface area contributed by atoms with E-state index >= 15 is 0 Å². The van der Waals surface area contributed by atoms with Crippen LogP contribution in [0.25, 0.3) is 0 Å². The van der Waals surface area contributed by atoms with Crippen LogP contribution in [-0.4, -0.2) is 29.3 Å². The lowest BCUT2D eigenvalue weighted by molar-refractivity contribution is -0.137. The van der Waals surface area contributed by atoms with E-state index in [-0.39, 0.29) is 4.90 Å². The van der Waals surface area contributed by atoms with Gasteiger partial charge in [-0.1, -0.05) is 17.7 Å². The van der Waals surface area contributed by atoms with E-state index in [1.54, 1.807) is 19.1 Å². The van der Waals surface area contributed by atoms with Crippen LogP contribution in [-0.2, 0) is 21.4 Å². The molecular weight excluding hydrogens is 318 g/mol. The highest BCUT2D eigenvalue weighted by molar-refractivity contribution is 7.92. The molecule has 2 aromatic rings. The number of aryl methyl sites for hydroxylation is 1. The third-order valence-electron chi connectivity index (χ3n) is 2.66. The van der Waals surface area contributed by atoms with E-state index in [4.69, 9.17) is 16.7 Å². The standard InChI is InChI=1S/C12H12ClN3O4S/c1-8-2-3-9(13)4-11(8)15-21(19,20)10-5-14-16(6-10)7-12(17)18/h2-6,15H,7H2,1H3,(H,17,18). The number of nitrogens with zero attached hydrogens (tertiary/aromatic N) is 2. The van der Waals surface area contributed by atoms with Gasteiger partial charge in [-0.05, 0) is 24.6 Å². The van der Waals surface area contributed by atoms with Gasteiger partial charge in [0, 0.05) is 11.2 Å². The largest absolute Gasteiger partial charge is 0.480 e. The third-order valence-corrected chi connectivity index (χ3v) is 4.22. The molecule has 0 radical (unpaired) electrons. The van der Waals surface area contributed by atoms with Gasteiger partial charge in [0.25, 0.3) is 10.0 Å². The molecule has 1 aromatic carbocycles. The Kier molecular flexibility index (Phi) is 4.19. The number of aliphatic carboxylic acids is 1. The second-order valence-corrected chi connectivity index (χ2v) is 6.45. The highest BCUT2D eigenvalue weighted by Gasteiger charge is 2.18. The summed E-state index contributed by atoms with van der Waals surface area (Å²) in [4.78, 5) is 10.4. The Morgan fingerprint density at radius 2 is 2.19 bits per heavy atom. The maximum Gasteiger partial charge on any atom is 0.325 e. The van der Waals surface area contributed by atoms with Crippen molar-refractivity contribution in [3.8, 4) is 0 Å². The number of halogens is 1. The minimum Gasteiger partial charge on any atom is -0.480 e. The summed E-state index contributed by atoms with van der Waals surface area (Å²) < 4.78 is 27.8. The quantitative estimate of drug-likeness (QED) is 0.869. The molecule has 9 heteroatoms. The number of rotatable bonds is 5. The highest BCUT2D eigenvalue weighted by atomic mass is 35.5. The summed E-state index contributed by atoms with van der Waals surface area (Å²) in [5, 5.41) is 12.7. The van der Waals surface area contributed by atoms with E-state index in [1.165, 1.54) is 6.07 Å². The average molecular weight is 330 g/mol. The van der Waals surface area contributed by atoms with Gasteiger partial charge in [0.05, 0.1) is 11.9 Å². The summed E-state index contributed by atoms with van der Waals surface area (Å²) in [7, 11) is -3.85. The van der Waals surface area contributed by atoms with Crippen molar-refractivity contribution < 1.29 is 18.3 Å². The molecule has 0 fully saturated rings. The number of hydrogen-bond acceptors (Lipinski definition) is 4. The van der Waals surface area contributed by atoms with Gasteiger partial charge in [0.2, 0.25) is 0 Å². The number of carbonyl (C=O) groups is 1. The first-order chi connectivity index (χ1) is 9.78. The van der Waals surface area contributed by atoms with Crippen molar-refractivity contribution in [2.45, 2.75) is 18.4 Å². The molecule has 0 spiro atoms. The summed E-state index contributed by atoms with van der Waals surface area (Å²) in [6, 6.07) is 4.84. The van der Waals surface area contributed by atoms with Gasteiger partial charge in [-0.3, -0.25) is 14.2 Å². The van der Waals surface area contributed by atoms with Crippen molar-refractivity contribution in [1.29, 1.82) is 0 Å². The molecule has 2 N–H and O–H groups in total. The van der Waals surface area contributed by atoms with Gasteiger partial charge in [0.15, 0.2) is 0 Å². The van der Waals surface area contributed by atoms with Crippen LogP contribution in [0.15, 0.2) is 35.5 Å². The van der Waals surface area contributed by atoms with Crippen LogP contribution < -0.4 is 4.72 Å². The SMILES string of the molecule is Cc1ccc(Cl)cc1NS(=O)(=O)c1cnn(CC(=O)O)c1. The number of carboxylic acid groups (broad SMARTS) is 1. The van der Waals surface area contributed by atoms with E-state index in [9.17, 15) is 13.2 Å². The van der Waals surface area contributed by atoms with Gasteiger partial charge in [-0.25, -0.2) is 8.42 Å². The predicted molar refractivity (Wildman–Crippen MR) is 76.9 cm³/mol. The molecule has 0 aliphatic heterocycles. The molecule has 0 aliphatic rings. The summed E-state index contributed by atoms with van der Waals surface area (Å²) in [6.45, 7) is 1.33. The van der Waals surface area contributed by atoms with Gasteiger partial charge >= 0.3 is 5.97 Å². The summed E-state index contributed by atoms with van der Waals surface area (Å²) >= 11 is 5.84. The fourth-order valence-electron chi connectivity index (χ4n) is 1.62. The molecule has 7 nitrogen and oxygen atoms in total. The van der Waals surface area contributed by atoms with Crippen molar-refractivity contribution in [3.05, 3.63) is 41.2 Å². The van der Waals surface area contributed by atoms with Crippen molar-refractivity contribution >= 4 is 33.3 Å². The van der Waals surface area contributed by atoms with E-state index < -0.39 is 22.5 Å². The highest BCUT2D eigenvalue weighted by Crippen LogP contribution is 2.23. The first kappa shape index (κ1) is 15.3. The van der Waals surface area contributed by atoms with E-state index in [1.807, 2.05) is 0 Å². The molecule has 112 valence electrons. The molecule has 0 atom stereocenters. The fraction of sp³-hybridized carbons (Fsp3) is 0.167. The van der Waals surface area contributed by atoms with E-state index in [2.05, 4.69) is 9.82 Å². The van der Waals surface area contributed by atoms with Crippen molar-refractivity contribution in [3.63, 3.8) is 0 Å². The first-order valence-corrected chi connectivity index (χ1v) is 7.67. The second kappa shape index (κ2) is 5.74. The van der Waals surface area contributed by atoms with Gasteiger partial charge in [-0.2, -0.15) is 5.10 Å². The van der Waals surface area contributed by atoms with Crippen LogP contribution in [0.4, 0.5) is 5.69 Å². The first-order valence-electron chi connectivity index (χ1n) is 5.81.